The van der Waals surface area contributed by atoms with Gasteiger partial charge in [0, 0.05) is 48.9 Å². The Hall–Kier alpha value is -4.12. The van der Waals surface area contributed by atoms with E-state index in [2.05, 4.69) is 65.7 Å². The molecule has 1 heterocycles. The molecule has 5 nitrogen and oxygen atoms in total. The lowest BCUT2D eigenvalue weighted by atomic mass is 9.98. The molecule has 0 bridgehead atoms. The predicted molar refractivity (Wildman–Crippen MR) is 142 cm³/mol. The lowest BCUT2D eigenvalue weighted by molar-refractivity contribution is -0.114. The summed E-state index contributed by atoms with van der Waals surface area (Å²) in [6.45, 7) is 5.71. The van der Waals surface area contributed by atoms with Crippen LogP contribution in [-0.2, 0) is 4.79 Å². The molecule has 1 fully saturated rings. The number of hydrogen-bond donors (Lipinski definition) is 1. The summed E-state index contributed by atoms with van der Waals surface area (Å²) in [4.78, 5) is 29.4. The van der Waals surface area contributed by atoms with Crippen molar-refractivity contribution < 1.29 is 9.59 Å². The summed E-state index contributed by atoms with van der Waals surface area (Å²) in [5, 5.41) is 5.26. The first-order chi connectivity index (χ1) is 17.0. The SMILES string of the molecule is CC(=O)Nc1ccc(C(=O)N2CCN(c3ccc(C)c4ccccc34)CC2c2ccccc2)cc1. The number of rotatable bonds is 4. The van der Waals surface area contributed by atoms with E-state index in [4.69, 9.17) is 0 Å². The Bertz CT molecular complexity index is 1370. The summed E-state index contributed by atoms with van der Waals surface area (Å²) >= 11 is 0. The van der Waals surface area contributed by atoms with Crippen LogP contribution in [0, 0.1) is 6.92 Å². The Labute approximate surface area is 206 Å². The van der Waals surface area contributed by atoms with Crippen molar-refractivity contribution in [3.05, 3.63) is 108 Å². The zero-order valence-corrected chi connectivity index (χ0v) is 20.1. The summed E-state index contributed by atoms with van der Waals surface area (Å²) in [7, 11) is 0. The van der Waals surface area contributed by atoms with Gasteiger partial charge in [0.15, 0.2) is 0 Å². The standard InChI is InChI=1S/C30H29N3O2/c1-21-12-17-28(27-11-7-6-10-26(21)27)32-18-19-33(29(20-32)23-8-4-3-5-9-23)30(35)24-13-15-25(16-14-24)31-22(2)34/h3-17,29H,18-20H2,1-2H3,(H,31,34). The maximum atomic E-state index is 13.6. The number of benzene rings is 4. The van der Waals surface area contributed by atoms with Gasteiger partial charge in [0.05, 0.1) is 6.04 Å². The molecular formula is C30H29N3O2. The fourth-order valence-electron chi connectivity index (χ4n) is 4.98. The first-order valence-corrected chi connectivity index (χ1v) is 12.0. The molecule has 5 rings (SSSR count). The van der Waals surface area contributed by atoms with Gasteiger partial charge in [0.2, 0.25) is 5.91 Å². The van der Waals surface area contributed by atoms with Crippen molar-refractivity contribution >= 4 is 34.0 Å². The molecule has 1 aliphatic heterocycles. The quantitative estimate of drug-likeness (QED) is 0.416. The first kappa shape index (κ1) is 22.7. The van der Waals surface area contributed by atoms with Gasteiger partial charge in [-0.2, -0.15) is 0 Å². The van der Waals surface area contributed by atoms with E-state index in [-0.39, 0.29) is 17.9 Å². The van der Waals surface area contributed by atoms with Gasteiger partial charge in [-0.15, -0.1) is 0 Å². The number of carbonyl (C=O) groups excluding carboxylic acids is 2. The molecule has 35 heavy (non-hydrogen) atoms. The van der Waals surface area contributed by atoms with Gasteiger partial charge in [0.25, 0.3) is 5.91 Å². The highest BCUT2D eigenvalue weighted by Gasteiger charge is 2.32. The van der Waals surface area contributed by atoms with Gasteiger partial charge < -0.3 is 15.1 Å². The van der Waals surface area contributed by atoms with Crippen molar-refractivity contribution in [1.29, 1.82) is 0 Å². The molecule has 1 unspecified atom stereocenters. The van der Waals surface area contributed by atoms with E-state index in [0.29, 0.717) is 24.3 Å². The molecule has 0 spiro atoms. The first-order valence-electron chi connectivity index (χ1n) is 12.0. The van der Waals surface area contributed by atoms with E-state index >= 15 is 0 Å². The number of piperazine rings is 1. The van der Waals surface area contributed by atoms with Crippen molar-refractivity contribution in [2.45, 2.75) is 19.9 Å². The summed E-state index contributed by atoms with van der Waals surface area (Å²) < 4.78 is 0. The average molecular weight is 464 g/mol. The molecule has 4 aromatic rings. The summed E-state index contributed by atoms with van der Waals surface area (Å²) in [5.74, 6) is -0.130. The maximum absolute atomic E-state index is 13.6. The molecule has 1 saturated heterocycles. The van der Waals surface area contributed by atoms with Gasteiger partial charge in [-0.25, -0.2) is 0 Å². The van der Waals surface area contributed by atoms with E-state index in [1.807, 2.05) is 23.1 Å². The fraction of sp³-hybridized carbons (Fsp3) is 0.200. The van der Waals surface area contributed by atoms with Crippen LogP contribution in [0.5, 0.6) is 0 Å². The predicted octanol–water partition coefficient (Wildman–Crippen LogP) is 5.81. The number of anilines is 2. The van der Waals surface area contributed by atoms with E-state index in [1.54, 1.807) is 24.3 Å². The smallest absolute Gasteiger partial charge is 0.254 e. The highest BCUT2D eigenvalue weighted by Crippen LogP contribution is 2.34. The minimum Gasteiger partial charge on any atom is -0.367 e. The van der Waals surface area contributed by atoms with E-state index in [9.17, 15) is 9.59 Å². The Morgan fingerprint density at radius 3 is 2.20 bits per heavy atom. The molecule has 0 saturated carbocycles. The normalized spacial score (nSPS) is 15.8. The van der Waals surface area contributed by atoms with Gasteiger partial charge >= 0.3 is 0 Å². The van der Waals surface area contributed by atoms with Crippen LogP contribution in [0.4, 0.5) is 11.4 Å². The Kier molecular flexibility index (Phi) is 6.23. The average Bonchev–Trinajstić information content (AvgIpc) is 2.89. The topological polar surface area (TPSA) is 52.7 Å². The molecule has 1 N–H and O–H groups in total. The molecule has 176 valence electrons. The summed E-state index contributed by atoms with van der Waals surface area (Å²) in [6, 6.07) is 30.2. The van der Waals surface area contributed by atoms with E-state index in [0.717, 1.165) is 12.1 Å². The summed E-state index contributed by atoms with van der Waals surface area (Å²) in [5.41, 5.74) is 4.90. The van der Waals surface area contributed by atoms with Gasteiger partial charge in [-0.05, 0) is 53.8 Å². The lowest BCUT2D eigenvalue weighted by Gasteiger charge is -2.43. The van der Waals surface area contributed by atoms with E-state index in [1.165, 1.54) is 28.9 Å². The molecule has 4 aromatic carbocycles. The number of aryl methyl sites for hydroxylation is 1. The minimum atomic E-state index is -0.132. The second kappa shape index (κ2) is 9.63. The largest absolute Gasteiger partial charge is 0.367 e. The second-order valence-electron chi connectivity index (χ2n) is 9.08. The number of fused-ring (bicyclic) bond motifs is 1. The molecule has 5 heteroatoms. The number of carbonyl (C=O) groups is 2. The third kappa shape index (κ3) is 4.62. The highest BCUT2D eigenvalue weighted by atomic mass is 16.2. The monoisotopic (exact) mass is 463 g/mol. The molecule has 0 aliphatic carbocycles. The van der Waals surface area contributed by atoms with Crippen LogP contribution < -0.4 is 10.2 Å². The zero-order chi connectivity index (χ0) is 24.4. The van der Waals surface area contributed by atoms with E-state index < -0.39 is 0 Å². The third-order valence-corrected chi connectivity index (χ3v) is 6.74. The zero-order valence-electron chi connectivity index (χ0n) is 20.1. The lowest BCUT2D eigenvalue weighted by Crippen LogP contribution is -2.50. The number of nitrogens with one attached hydrogen (secondary N) is 1. The van der Waals surface area contributed by atoms with Crippen molar-refractivity contribution in [2.75, 3.05) is 29.9 Å². The van der Waals surface area contributed by atoms with Crippen LogP contribution in [0.15, 0.2) is 91.0 Å². The molecular weight excluding hydrogens is 434 g/mol. The van der Waals surface area contributed by atoms with Crippen molar-refractivity contribution in [3.63, 3.8) is 0 Å². The molecule has 0 radical (unpaired) electrons. The van der Waals surface area contributed by atoms with Gasteiger partial charge in [-0.1, -0.05) is 60.7 Å². The number of nitrogens with zero attached hydrogens (tertiary/aromatic N) is 2. The number of amides is 2. The van der Waals surface area contributed by atoms with Crippen LogP contribution in [0.3, 0.4) is 0 Å². The van der Waals surface area contributed by atoms with Crippen LogP contribution in [-0.4, -0.2) is 36.3 Å². The molecule has 1 aliphatic rings. The molecule has 2 amide bonds. The van der Waals surface area contributed by atoms with Crippen LogP contribution >= 0.6 is 0 Å². The van der Waals surface area contributed by atoms with Gasteiger partial charge in [-0.3, -0.25) is 9.59 Å². The Morgan fingerprint density at radius 1 is 0.800 bits per heavy atom. The third-order valence-electron chi connectivity index (χ3n) is 6.74. The van der Waals surface area contributed by atoms with Crippen molar-refractivity contribution in [2.24, 2.45) is 0 Å². The van der Waals surface area contributed by atoms with Crippen LogP contribution in [0.2, 0.25) is 0 Å². The maximum Gasteiger partial charge on any atom is 0.254 e. The van der Waals surface area contributed by atoms with Gasteiger partial charge in [0.1, 0.15) is 0 Å². The Balaban J connectivity index is 1.46. The van der Waals surface area contributed by atoms with Crippen LogP contribution in [0.25, 0.3) is 10.8 Å². The molecule has 0 aromatic heterocycles. The highest BCUT2D eigenvalue weighted by molar-refractivity contribution is 5.98. The number of hydrogen-bond acceptors (Lipinski definition) is 3. The van der Waals surface area contributed by atoms with Crippen molar-refractivity contribution in [1.82, 2.24) is 4.90 Å². The second-order valence-corrected chi connectivity index (χ2v) is 9.08. The van der Waals surface area contributed by atoms with Crippen molar-refractivity contribution in [3.8, 4) is 0 Å². The minimum absolute atomic E-state index is 0.00152. The molecule has 1 atom stereocenters. The fourth-order valence-corrected chi connectivity index (χ4v) is 4.98. The van der Waals surface area contributed by atoms with Crippen LogP contribution in [0.1, 0.15) is 34.5 Å². The summed E-state index contributed by atoms with van der Waals surface area (Å²) in [6.07, 6.45) is 0. The Morgan fingerprint density at radius 2 is 1.49 bits per heavy atom.